The Morgan fingerprint density at radius 3 is 2.12 bits per heavy atom. The van der Waals surface area contributed by atoms with Crippen LogP contribution in [0.1, 0.15) is 40.5 Å². The first-order chi connectivity index (χ1) is 10.9. The minimum Gasteiger partial charge on any atom is -1.00 e. The molecule has 0 aliphatic heterocycles. The molecule has 6 heteroatoms. The Balaban J connectivity index is 0. The Hall–Kier alpha value is -0.407. The van der Waals surface area contributed by atoms with Crippen molar-refractivity contribution in [1.82, 2.24) is 0 Å². The molecule has 2 nitrogen and oxygen atoms in total. The van der Waals surface area contributed by atoms with Crippen molar-refractivity contribution < 1.29 is 59.4 Å². The summed E-state index contributed by atoms with van der Waals surface area (Å²) in [6, 6.07) is 0. The summed E-state index contributed by atoms with van der Waals surface area (Å²) in [4.78, 5) is 0.481. The molecule has 138 valence electrons. The third-order valence-electron chi connectivity index (χ3n) is 4.64. The first kappa shape index (κ1) is 27.8. The van der Waals surface area contributed by atoms with Crippen LogP contribution in [0.5, 0.6) is 0 Å². The molecule has 0 saturated carbocycles. The Labute approximate surface area is 190 Å². The molecule has 1 atom stereocenters. The molecule has 0 saturated heterocycles. The molecule has 0 aromatic heterocycles. The summed E-state index contributed by atoms with van der Waals surface area (Å²) in [6.07, 6.45) is 19.6. The molecular formula is C20H22Cl2O2SZr. The summed E-state index contributed by atoms with van der Waals surface area (Å²) in [6.45, 7) is 8.19. The predicted octanol–water partition coefficient (Wildman–Crippen LogP) is -1.66. The molecule has 0 aromatic carbocycles. The predicted molar refractivity (Wildman–Crippen MR) is 96.2 cm³/mol. The van der Waals surface area contributed by atoms with Crippen LogP contribution >= 0.6 is 0 Å². The topological polar surface area (TPSA) is 34.1 Å². The van der Waals surface area contributed by atoms with E-state index in [1.165, 1.54) is 11.1 Å². The van der Waals surface area contributed by atoms with Crippen LogP contribution in [0.4, 0.5) is 0 Å². The minimum absolute atomic E-state index is 0. The maximum Gasteiger partial charge on any atom is 4.00 e. The molecule has 0 aromatic rings. The zero-order valence-electron chi connectivity index (χ0n) is 15.4. The van der Waals surface area contributed by atoms with Gasteiger partial charge in [0.2, 0.25) is 10.3 Å². The van der Waals surface area contributed by atoms with Gasteiger partial charge in [-0.15, -0.1) is 13.3 Å². The van der Waals surface area contributed by atoms with Crippen LogP contribution in [0, 0.1) is 17.6 Å². The number of hydrogen-bond acceptors (Lipinski definition) is 2. The molecule has 0 fully saturated rings. The van der Waals surface area contributed by atoms with E-state index in [0.717, 1.165) is 17.6 Å². The second-order valence-electron chi connectivity index (χ2n) is 6.00. The quantitative estimate of drug-likeness (QED) is 0.327. The van der Waals surface area contributed by atoms with Gasteiger partial charge in [-0.2, -0.15) is 25.6 Å². The molecule has 26 heavy (non-hydrogen) atoms. The average molecular weight is 489 g/mol. The van der Waals surface area contributed by atoms with E-state index in [1.807, 2.05) is 44.2 Å². The summed E-state index contributed by atoms with van der Waals surface area (Å²) in [5.41, 5.74) is 3.95. The van der Waals surface area contributed by atoms with Crippen molar-refractivity contribution in [3.05, 3.63) is 70.9 Å². The van der Waals surface area contributed by atoms with Gasteiger partial charge in [-0.25, -0.2) is 17.7 Å². The van der Waals surface area contributed by atoms with Gasteiger partial charge in [0, 0.05) is 6.42 Å². The van der Waals surface area contributed by atoms with E-state index >= 15 is 0 Å². The molecule has 0 radical (unpaired) electrons. The zero-order valence-corrected chi connectivity index (χ0v) is 20.1. The SMILES string of the molecule is CC1=[C-]C(C)(C2=CC=CCC2=S(=O)=O)C(C)=C1C.[C-]1=CC=CC1.[Cl-].[Cl-].[Zr+4]. The van der Waals surface area contributed by atoms with Crippen LogP contribution in [-0.4, -0.2) is 13.3 Å². The monoisotopic (exact) mass is 486 g/mol. The Morgan fingerprint density at radius 2 is 1.73 bits per heavy atom. The number of hydrogen-bond donors (Lipinski definition) is 0. The minimum atomic E-state index is -2.17. The molecule has 3 aliphatic rings. The smallest absolute Gasteiger partial charge is 1.00 e. The Bertz CT molecular complexity index is 810. The van der Waals surface area contributed by atoms with Crippen LogP contribution in [0.2, 0.25) is 0 Å². The molecule has 3 aliphatic carbocycles. The van der Waals surface area contributed by atoms with E-state index in [2.05, 4.69) is 32.1 Å². The van der Waals surface area contributed by atoms with Crippen LogP contribution in [-0.2, 0) is 36.5 Å². The van der Waals surface area contributed by atoms with Gasteiger partial charge in [0.1, 0.15) is 0 Å². The summed E-state index contributed by atoms with van der Waals surface area (Å²) in [5, 5.41) is 0. The standard InChI is InChI=1S/C15H17O2S.C5H5.2ClH.Zr/c1-10-9-15(4,12(3)11(10)2)13-7-5-6-8-14(13)18(16)17;1-2-4-5-3-1;;;/h5-7H,8H2,1-4H3;1-3H,4H2;2*1H;/q2*-1;;;+4/p-2. The maximum atomic E-state index is 11.4. The van der Waals surface area contributed by atoms with Crippen molar-refractivity contribution in [2.24, 2.45) is 5.41 Å². The Kier molecular flexibility index (Phi) is 13.0. The first-order valence-corrected chi connectivity index (χ1v) is 8.80. The zero-order chi connectivity index (χ0) is 17.0. The van der Waals surface area contributed by atoms with Crippen molar-refractivity contribution >= 4 is 15.2 Å². The van der Waals surface area contributed by atoms with Crippen LogP contribution in [0.3, 0.4) is 0 Å². The van der Waals surface area contributed by atoms with Crippen LogP contribution < -0.4 is 24.8 Å². The van der Waals surface area contributed by atoms with Gasteiger partial charge in [-0.1, -0.05) is 44.4 Å². The molecule has 1 unspecified atom stereocenters. The number of rotatable bonds is 1. The fourth-order valence-corrected chi connectivity index (χ4v) is 3.66. The van der Waals surface area contributed by atoms with E-state index in [-0.39, 0.29) is 51.0 Å². The van der Waals surface area contributed by atoms with E-state index in [0.29, 0.717) is 11.3 Å². The van der Waals surface area contributed by atoms with Crippen LogP contribution in [0.15, 0.2) is 58.7 Å². The number of halogens is 2. The van der Waals surface area contributed by atoms with E-state index in [9.17, 15) is 8.42 Å². The van der Waals surface area contributed by atoms with Gasteiger partial charge in [-0.3, -0.25) is 12.2 Å². The van der Waals surface area contributed by atoms with E-state index < -0.39 is 15.7 Å². The summed E-state index contributed by atoms with van der Waals surface area (Å²) < 4.78 is 22.7. The van der Waals surface area contributed by atoms with Gasteiger partial charge >= 0.3 is 26.2 Å². The summed E-state index contributed by atoms with van der Waals surface area (Å²) in [7, 11) is -2.17. The molecule has 0 amide bonds. The van der Waals surface area contributed by atoms with Crippen molar-refractivity contribution in [1.29, 1.82) is 0 Å². The molecular weight excluding hydrogens is 466 g/mol. The van der Waals surface area contributed by atoms with Gasteiger partial charge in [0.05, 0.1) is 4.86 Å². The second kappa shape index (κ2) is 12.1. The normalized spacial score (nSPS) is 22.4. The number of allylic oxidation sites excluding steroid dienone is 12. The van der Waals surface area contributed by atoms with Crippen molar-refractivity contribution in [3.63, 3.8) is 0 Å². The van der Waals surface area contributed by atoms with Gasteiger partial charge in [0.25, 0.3) is 0 Å². The third-order valence-corrected chi connectivity index (χ3v) is 5.43. The Morgan fingerprint density at radius 1 is 1.08 bits per heavy atom. The first-order valence-electron chi connectivity index (χ1n) is 7.72. The molecule has 0 heterocycles. The molecule has 0 bridgehead atoms. The fraction of sp³-hybridized carbons (Fsp3) is 0.350. The molecule has 0 spiro atoms. The van der Waals surface area contributed by atoms with Gasteiger partial charge < -0.3 is 24.8 Å². The van der Waals surface area contributed by atoms with Crippen LogP contribution in [0.25, 0.3) is 0 Å². The summed E-state index contributed by atoms with van der Waals surface area (Å²) >= 11 is 0. The maximum absolute atomic E-state index is 11.4. The second-order valence-corrected chi connectivity index (χ2v) is 6.96. The van der Waals surface area contributed by atoms with Gasteiger partial charge in [-0.05, 0) is 5.57 Å². The largest absolute Gasteiger partial charge is 4.00 e. The van der Waals surface area contributed by atoms with Gasteiger partial charge in [0.15, 0.2) is 0 Å². The van der Waals surface area contributed by atoms with Crippen molar-refractivity contribution in [2.45, 2.75) is 40.5 Å². The fourth-order valence-electron chi connectivity index (χ4n) is 2.97. The van der Waals surface area contributed by atoms with Crippen molar-refractivity contribution in [3.8, 4) is 0 Å². The third kappa shape index (κ3) is 6.06. The molecule has 3 rings (SSSR count). The van der Waals surface area contributed by atoms with E-state index in [4.69, 9.17) is 0 Å². The average Bonchev–Trinajstić information content (AvgIpc) is 3.17. The molecule has 0 N–H and O–H groups in total. The van der Waals surface area contributed by atoms with E-state index in [1.54, 1.807) is 0 Å². The van der Waals surface area contributed by atoms with Crippen molar-refractivity contribution in [2.75, 3.05) is 0 Å². The summed E-state index contributed by atoms with van der Waals surface area (Å²) in [5.74, 6) is 0.